The van der Waals surface area contributed by atoms with Crippen LogP contribution >= 0.6 is 0 Å². The van der Waals surface area contributed by atoms with Crippen LogP contribution < -0.4 is 10.1 Å². The minimum Gasteiger partial charge on any atom is -0.481 e. The summed E-state index contributed by atoms with van der Waals surface area (Å²) in [4.78, 5) is 17.0. The highest BCUT2D eigenvalue weighted by molar-refractivity contribution is 5.75. The van der Waals surface area contributed by atoms with Gasteiger partial charge in [0.15, 0.2) is 0 Å². The second kappa shape index (κ2) is 6.85. The molecule has 0 radical (unpaired) electrons. The molecule has 0 aliphatic heterocycles. The topological polar surface area (TPSA) is 54.5 Å². The molecule has 94 valence electrons. The summed E-state index contributed by atoms with van der Waals surface area (Å²) in [5, 5.41) is 3.20. The van der Waals surface area contributed by atoms with E-state index in [0.29, 0.717) is 25.4 Å². The Morgan fingerprint density at radius 1 is 1.47 bits per heavy atom. The Hall–Kier alpha value is -1.62. The van der Waals surface area contributed by atoms with Gasteiger partial charge in [0.2, 0.25) is 11.8 Å². The van der Waals surface area contributed by atoms with Gasteiger partial charge in [0, 0.05) is 45.9 Å². The Labute approximate surface area is 102 Å². The molecule has 0 fully saturated rings. The molecule has 0 unspecified atom stereocenters. The monoisotopic (exact) mass is 237 g/mol. The minimum absolute atomic E-state index is 0.130. The van der Waals surface area contributed by atoms with Crippen molar-refractivity contribution < 1.29 is 9.53 Å². The summed E-state index contributed by atoms with van der Waals surface area (Å²) >= 11 is 0. The quantitative estimate of drug-likeness (QED) is 0.738. The van der Waals surface area contributed by atoms with Crippen LogP contribution in [0.15, 0.2) is 18.3 Å². The Balaban J connectivity index is 2.24. The fraction of sp³-hybridized carbons (Fsp3) is 0.500. The first-order valence-corrected chi connectivity index (χ1v) is 5.53. The molecule has 5 nitrogen and oxygen atoms in total. The molecule has 0 saturated heterocycles. The van der Waals surface area contributed by atoms with Gasteiger partial charge < -0.3 is 15.0 Å². The van der Waals surface area contributed by atoms with Gasteiger partial charge in [-0.3, -0.25) is 4.79 Å². The van der Waals surface area contributed by atoms with E-state index in [0.717, 1.165) is 5.56 Å². The van der Waals surface area contributed by atoms with Crippen molar-refractivity contribution in [2.45, 2.75) is 13.0 Å². The molecule has 1 heterocycles. The average Bonchev–Trinajstić information content (AvgIpc) is 2.35. The highest BCUT2D eigenvalue weighted by atomic mass is 16.5. The maximum atomic E-state index is 11.3. The van der Waals surface area contributed by atoms with Gasteiger partial charge >= 0.3 is 0 Å². The first kappa shape index (κ1) is 13.4. The molecule has 1 rings (SSSR count). The SMILES string of the molecule is COc1ccc(CNCCC(=O)N(C)C)cn1. The molecule has 0 bridgehead atoms. The fourth-order valence-electron chi connectivity index (χ4n) is 1.29. The van der Waals surface area contributed by atoms with E-state index in [2.05, 4.69) is 10.3 Å². The highest BCUT2D eigenvalue weighted by Crippen LogP contribution is 2.06. The number of amides is 1. The number of pyridine rings is 1. The summed E-state index contributed by atoms with van der Waals surface area (Å²) in [7, 11) is 5.11. The number of hydrogen-bond donors (Lipinski definition) is 1. The molecular weight excluding hydrogens is 218 g/mol. The largest absolute Gasteiger partial charge is 0.481 e. The number of ether oxygens (including phenoxy) is 1. The minimum atomic E-state index is 0.130. The number of carbonyl (C=O) groups is 1. The summed E-state index contributed by atoms with van der Waals surface area (Å²) < 4.78 is 4.97. The van der Waals surface area contributed by atoms with E-state index in [1.54, 1.807) is 32.3 Å². The predicted octanol–water partition coefficient (Wildman–Crippen LogP) is 0.658. The third kappa shape index (κ3) is 4.82. The highest BCUT2D eigenvalue weighted by Gasteiger charge is 2.02. The van der Waals surface area contributed by atoms with Gasteiger partial charge in [0.1, 0.15) is 0 Å². The van der Waals surface area contributed by atoms with Crippen LogP contribution in [-0.4, -0.2) is 43.5 Å². The smallest absolute Gasteiger partial charge is 0.223 e. The first-order valence-electron chi connectivity index (χ1n) is 5.53. The van der Waals surface area contributed by atoms with Crippen molar-refractivity contribution in [2.24, 2.45) is 0 Å². The molecule has 0 aliphatic carbocycles. The molecule has 1 aromatic rings. The Morgan fingerprint density at radius 2 is 2.24 bits per heavy atom. The molecule has 5 heteroatoms. The lowest BCUT2D eigenvalue weighted by atomic mass is 10.3. The second-order valence-electron chi connectivity index (χ2n) is 3.92. The molecule has 0 saturated carbocycles. The standard InChI is InChI=1S/C12H19N3O2/c1-15(2)12(16)6-7-13-8-10-4-5-11(17-3)14-9-10/h4-5,9,13H,6-8H2,1-3H3. The van der Waals surface area contributed by atoms with Crippen molar-refractivity contribution in [2.75, 3.05) is 27.7 Å². The van der Waals surface area contributed by atoms with E-state index < -0.39 is 0 Å². The number of nitrogens with one attached hydrogen (secondary N) is 1. The molecule has 0 aliphatic rings. The van der Waals surface area contributed by atoms with E-state index in [1.165, 1.54) is 0 Å². The first-order chi connectivity index (χ1) is 8.13. The van der Waals surface area contributed by atoms with Crippen LogP contribution in [0.5, 0.6) is 5.88 Å². The van der Waals surface area contributed by atoms with Gasteiger partial charge in [-0.05, 0) is 5.56 Å². The fourth-order valence-corrected chi connectivity index (χ4v) is 1.29. The molecule has 17 heavy (non-hydrogen) atoms. The van der Waals surface area contributed by atoms with Crippen molar-refractivity contribution in [3.05, 3.63) is 23.9 Å². The van der Waals surface area contributed by atoms with Crippen LogP contribution in [-0.2, 0) is 11.3 Å². The van der Waals surface area contributed by atoms with Crippen molar-refractivity contribution in [1.29, 1.82) is 0 Å². The van der Waals surface area contributed by atoms with Gasteiger partial charge in [-0.1, -0.05) is 6.07 Å². The maximum absolute atomic E-state index is 11.3. The zero-order valence-corrected chi connectivity index (χ0v) is 10.6. The van der Waals surface area contributed by atoms with Crippen LogP contribution in [0.1, 0.15) is 12.0 Å². The third-order valence-electron chi connectivity index (χ3n) is 2.35. The number of nitrogens with zero attached hydrogens (tertiary/aromatic N) is 2. The molecule has 0 spiro atoms. The van der Waals surface area contributed by atoms with Crippen molar-refractivity contribution >= 4 is 5.91 Å². The predicted molar refractivity (Wildman–Crippen MR) is 65.8 cm³/mol. The number of aromatic nitrogens is 1. The van der Waals surface area contributed by atoms with Gasteiger partial charge in [-0.15, -0.1) is 0 Å². The lowest BCUT2D eigenvalue weighted by molar-refractivity contribution is -0.128. The Morgan fingerprint density at radius 3 is 2.76 bits per heavy atom. The van der Waals surface area contributed by atoms with E-state index >= 15 is 0 Å². The van der Waals surface area contributed by atoms with Gasteiger partial charge in [-0.2, -0.15) is 0 Å². The summed E-state index contributed by atoms with van der Waals surface area (Å²) in [6.45, 7) is 1.38. The third-order valence-corrected chi connectivity index (χ3v) is 2.35. The van der Waals surface area contributed by atoms with E-state index in [1.807, 2.05) is 12.1 Å². The lowest BCUT2D eigenvalue weighted by Gasteiger charge is -2.10. The van der Waals surface area contributed by atoms with Crippen LogP contribution in [0.25, 0.3) is 0 Å². The zero-order chi connectivity index (χ0) is 12.7. The maximum Gasteiger partial charge on any atom is 0.223 e. The van der Waals surface area contributed by atoms with E-state index in [9.17, 15) is 4.79 Å². The van der Waals surface area contributed by atoms with Crippen molar-refractivity contribution in [3.63, 3.8) is 0 Å². The molecule has 1 N–H and O–H groups in total. The number of methoxy groups -OCH3 is 1. The normalized spacial score (nSPS) is 10.1. The number of carbonyl (C=O) groups excluding carboxylic acids is 1. The molecule has 0 atom stereocenters. The average molecular weight is 237 g/mol. The Kier molecular flexibility index (Phi) is 5.42. The van der Waals surface area contributed by atoms with Crippen LogP contribution in [0, 0.1) is 0 Å². The van der Waals surface area contributed by atoms with Crippen molar-refractivity contribution in [3.8, 4) is 5.88 Å². The summed E-state index contributed by atoms with van der Waals surface area (Å²) in [6, 6.07) is 3.77. The van der Waals surface area contributed by atoms with Crippen LogP contribution in [0.4, 0.5) is 0 Å². The second-order valence-corrected chi connectivity index (χ2v) is 3.92. The lowest BCUT2D eigenvalue weighted by Crippen LogP contribution is -2.26. The van der Waals surface area contributed by atoms with Gasteiger partial charge in [0.05, 0.1) is 7.11 Å². The van der Waals surface area contributed by atoms with E-state index in [4.69, 9.17) is 4.74 Å². The molecule has 1 amide bonds. The summed E-state index contributed by atoms with van der Waals surface area (Å²) in [5.41, 5.74) is 1.07. The zero-order valence-electron chi connectivity index (χ0n) is 10.6. The van der Waals surface area contributed by atoms with Gasteiger partial charge in [0.25, 0.3) is 0 Å². The van der Waals surface area contributed by atoms with Crippen LogP contribution in [0.2, 0.25) is 0 Å². The number of hydrogen-bond acceptors (Lipinski definition) is 4. The molecule has 1 aromatic heterocycles. The van der Waals surface area contributed by atoms with E-state index in [-0.39, 0.29) is 5.91 Å². The molecular formula is C12H19N3O2. The van der Waals surface area contributed by atoms with Crippen LogP contribution in [0.3, 0.4) is 0 Å². The summed E-state index contributed by atoms with van der Waals surface area (Å²) in [5.74, 6) is 0.738. The van der Waals surface area contributed by atoms with Crippen molar-refractivity contribution in [1.82, 2.24) is 15.2 Å². The summed E-state index contributed by atoms with van der Waals surface area (Å²) in [6.07, 6.45) is 2.27. The Bertz CT molecular complexity index is 349. The van der Waals surface area contributed by atoms with Gasteiger partial charge in [-0.25, -0.2) is 4.98 Å². The molecule has 0 aromatic carbocycles. The number of rotatable bonds is 6.